The SMILES string of the molecule is CC(=O)O.CC[C@H](C)[C@H](NC(=O)[C@H](CC(=O)O)NC(=O)[C@H](CC(C)C)NC(=O)[C@H](Cc1cnc[nH]1)NC(=O)C1CSSC[C@H](N)C(=O)N[C@@H](C(C)C)C(=O)N[C@@H](Cc2ccc(O)cc2)C(=O)NC(Cc2ccccc2)C(=O)N1)C(=O)N[C@H](C(=O)N[C@@H](Cc1c[nH]c2ccccc12)C(=O)O)[C@@H](C)CC. The largest absolute Gasteiger partial charge is 0.508 e. The van der Waals surface area contributed by atoms with Crippen LogP contribution in [0.3, 0.4) is 0 Å². The summed E-state index contributed by atoms with van der Waals surface area (Å²) in [6.45, 7) is 14.7. The minimum absolute atomic E-state index is 0.0520. The van der Waals surface area contributed by atoms with Crippen LogP contribution in [-0.4, -0.2) is 190 Å². The van der Waals surface area contributed by atoms with Gasteiger partial charge in [0.05, 0.1) is 18.8 Å². The molecule has 0 radical (unpaired) electrons. The Kier molecular flexibility index (Phi) is 33.4. The lowest BCUT2D eigenvalue weighted by atomic mass is 9.94. The van der Waals surface area contributed by atoms with Crippen molar-refractivity contribution in [2.45, 2.75) is 180 Å². The molecule has 0 saturated carbocycles. The van der Waals surface area contributed by atoms with E-state index in [1.807, 2.05) is 18.2 Å². The fourth-order valence-electron chi connectivity index (χ4n) is 10.8. The molecule has 33 heteroatoms. The van der Waals surface area contributed by atoms with Gasteiger partial charge in [-0.2, -0.15) is 0 Å². The first-order valence-corrected chi connectivity index (χ1v) is 36.3. The number of aromatic amines is 2. The summed E-state index contributed by atoms with van der Waals surface area (Å²) in [5.74, 6) is -14.9. The van der Waals surface area contributed by atoms with Gasteiger partial charge in [0.2, 0.25) is 59.1 Å². The summed E-state index contributed by atoms with van der Waals surface area (Å²) < 4.78 is 0. The van der Waals surface area contributed by atoms with Crippen molar-refractivity contribution in [3.63, 3.8) is 0 Å². The van der Waals surface area contributed by atoms with Crippen LogP contribution >= 0.6 is 21.6 Å². The molecule has 0 spiro atoms. The van der Waals surface area contributed by atoms with E-state index in [2.05, 4.69) is 68.1 Å². The highest BCUT2D eigenvalue weighted by Gasteiger charge is 2.39. The summed E-state index contributed by atoms with van der Waals surface area (Å²) in [6, 6.07) is 6.02. The number of carbonyl (C=O) groups is 13. The molecule has 13 atom stereocenters. The number of nitrogens with one attached hydrogen (secondary N) is 12. The number of aliphatic carboxylic acids is 3. The molecule has 0 bridgehead atoms. The van der Waals surface area contributed by atoms with Gasteiger partial charge in [-0.05, 0) is 65.0 Å². The van der Waals surface area contributed by atoms with Crippen LogP contribution in [0, 0.1) is 23.7 Å². The van der Waals surface area contributed by atoms with Crippen molar-refractivity contribution in [2.75, 3.05) is 11.5 Å². The third kappa shape index (κ3) is 27.0. The summed E-state index contributed by atoms with van der Waals surface area (Å²) >= 11 is 0. The number of hydrogen-bond donors (Lipinski definition) is 17. The Hall–Kier alpha value is -10.0. The van der Waals surface area contributed by atoms with Crippen LogP contribution in [0.5, 0.6) is 5.75 Å². The smallest absolute Gasteiger partial charge is 0.326 e. The number of carboxylic acids is 3. The van der Waals surface area contributed by atoms with Gasteiger partial charge in [-0.3, -0.25) is 57.5 Å². The van der Waals surface area contributed by atoms with Crippen LogP contribution in [0.15, 0.2) is 97.6 Å². The Bertz CT molecular complexity index is 3710. The van der Waals surface area contributed by atoms with E-state index in [9.17, 15) is 72.9 Å². The first-order valence-electron chi connectivity index (χ1n) is 33.8. The first kappa shape index (κ1) is 83.6. The molecule has 0 aliphatic carbocycles. The number of benzene rings is 3. The maximum absolute atomic E-state index is 14.9. The lowest BCUT2D eigenvalue weighted by molar-refractivity contribution is -0.142. The molecule has 1 aliphatic heterocycles. The molecule has 3 heterocycles. The number of carboxylic acid groups (broad SMARTS) is 3. The number of nitrogens with two attached hydrogens (primary N) is 1. The van der Waals surface area contributed by atoms with Crippen LogP contribution in [0.2, 0.25) is 0 Å². The van der Waals surface area contributed by atoms with Crippen LogP contribution in [-0.2, 0) is 88.0 Å². The quantitative estimate of drug-likeness (QED) is 0.0292. The van der Waals surface area contributed by atoms with Crippen molar-refractivity contribution >= 4 is 109 Å². The molecule has 31 nitrogen and oxygen atoms in total. The number of phenols is 1. The summed E-state index contributed by atoms with van der Waals surface area (Å²) in [6.07, 6.45) is 3.23. The topological polar surface area (TPSA) is 494 Å². The summed E-state index contributed by atoms with van der Waals surface area (Å²) in [5, 5.41) is 65.2. The van der Waals surface area contributed by atoms with Gasteiger partial charge in [0, 0.05) is 73.1 Å². The van der Waals surface area contributed by atoms with E-state index in [0.29, 0.717) is 28.8 Å². The molecule has 560 valence electrons. The molecule has 18 N–H and O–H groups in total. The number of H-pyrrole nitrogens is 2. The van der Waals surface area contributed by atoms with Crippen LogP contribution in [0.4, 0.5) is 0 Å². The zero-order chi connectivity index (χ0) is 76.2. The fraction of sp³-hybridized carbons (Fsp3) is 0.486. The van der Waals surface area contributed by atoms with Crippen LogP contribution < -0.4 is 58.9 Å². The molecule has 5 aromatic rings. The summed E-state index contributed by atoms with van der Waals surface area (Å²) in [7, 11) is 2.11. The van der Waals surface area contributed by atoms with Crippen LogP contribution in [0.1, 0.15) is 110 Å². The Balaban J connectivity index is 0.00000464. The second-order valence-electron chi connectivity index (χ2n) is 26.1. The molecule has 2 unspecified atom stereocenters. The van der Waals surface area contributed by atoms with Gasteiger partial charge in [0.1, 0.15) is 66.2 Å². The van der Waals surface area contributed by atoms with Crippen molar-refractivity contribution in [3.8, 4) is 5.75 Å². The number of carbonyl (C=O) groups excluding carboxylic acids is 10. The molecular formula is C70H96N14O17S2. The Morgan fingerprint density at radius 3 is 1.68 bits per heavy atom. The molecule has 10 amide bonds. The number of imidazole rings is 1. The highest BCUT2D eigenvalue weighted by Crippen LogP contribution is 2.25. The van der Waals surface area contributed by atoms with Crippen molar-refractivity contribution in [1.82, 2.24) is 68.1 Å². The molecule has 3 aromatic carbocycles. The summed E-state index contributed by atoms with van der Waals surface area (Å²) in [5.41, 5.74) is 9.17. The fourth-order valence-corrected chi connectivity index (χ4v) is 13.1. The average Bonchev–Trinajstić information content (AvgIpc) is 1.81. The highest BCUT2D eigenvalue weighted by atomic mass is 33.1. The van der Waals surface area contributed by atoms with Crippen LogP contribution in [0.25, 0.3) is 10.9 Å². The monoisotopic (exact) mass is 1470 g/mol. The Labute approximate surface area is 604 Å². The number of rotatable bonds is 30. The van der Waals surface area contributed by atoms with E-state index in [-0.39, 0.29) is 61.7 Å². The Morgan fingerprint density at radius 2 is 1.11 bits per heavy atom. The molecular weight excluding hydrogens is 1370 g/mol. The van der Waals surface area contributed by atoms with Gasteiger partial charge < -0.3 is 89.3 Å². The number of para-hydroxylation sites is 1. The lowest BCUT2D eigenvalue weighted by Crippen LogP contribution is -2.62. The van der Waals surface area contributed by atoms with E-state index in [1.54, 1.807) is 110 Å². The second kappa shape index (κ2) is 41.2. The number of fused-ring (bicyclic) bond motifs is 1. The van der Waals surface area contributed by atoms with E-state index in [4.69, 9.17) is 15.6 Å². The van der Waals surface area contributed by atoms with E-state index in [0.717, 1.165) is 39.4 Å². The normalized spacial score (nSPS) is 19.2. The van der Waals surface area contributed by atoms with Crippen molar-refractivity contribution < 1.29 is 82.8 Å². The van der Waals surface area contributed by atoms with Crippen molar-refractivity contribution in [1.29, 1.82) is 0 Å². The highest BCUT2D eigenvalue weighted by molar-refractivity contribution is 8.76. The van der Waals surface area contributed by atoms with E-state index < -0.39 is 168 Å². The standard InChI is InChI=1S/C68H92N14O15S2.C2H4O2/c1-9-37(7)56(66(94)78-52(68(96)97)27-41-30-71-46-19-15-14-18-44(41)46)82-67(95)57(38(8)10-2)81-63(91)51(29-54(84)85)76-59(87)47(24-35(3)4)73-62(90)50(28-42-31-70-34-72-42)75-64(92)53-33-99-98-32-45(69)58(86)80-55(36(5)6)65(93)77-49(26-40-20-22-43(83)23-21-40)60(88)74-48(61(89)79-53)25-39-16-12-11-13-17-39;1-2(3)4/h11-23,30-31,34-38,45,47-53,55-57,71,83H,9-10,24-29,32-33,69H2,1-8H3,(H,70,72)(H,73,90)(H,74,88)(H,75,92)(H,76,87)(H,77,93)(H,78,94)(H,79,89)(H,80,86)(H,81,91)(H,82,95)(H,84,85)(H,96,97);1H3,(H,3,4)/t37-,38-,45-,47-,48?,49-,50-,51-,52-,53?,55-,56-,57-;/m0./s1. The molecule has 1 fully saturated rings. The molecule has 103 heavy (non-hydrogen) atoms. The average molecular weight is 1470 g/mol. The number of amides is 10. The van der Waals surface area contributed by atoms with Gasteiger partial charge in [0.25, 0.3) is 5.97 Å². The predicted molar refractivity (Wildman–Crippen MR) is 385 cm³/mol. The number of aromatic nitrogens is 3. The number of phenolic OH excluding ortho intramolecular Hbond substituents is 1. The third-order valence-corrected chi connectivity index (χ3v) is 19.4. The predicted octanol–water partition coefficient (Wildman–Crippen LogP) is 1.88. The molecule has 2 aromatic heterocycles. The minimum atomic E-state index is -1.87. The zero-order valence-electron chi connectivity index (χ0n) is 58.9. The lowest BCUT2D eigenvalue weighted by Gasteiger charge is -2.31. The number of aromatic hydroxyl groups is 1. The Morgan fingerprint density at radius 1 is 0.583 bits per heavy atom. The maximum Gasteiger partial charge on any atom is 0.326 e. The molecule has 1 aliphatic rings. The van der Waals surface area contributed by atoms with Gasteiger partial charge in [-0.15, -0.1) is 0 Å². The van der Waals surface area contributed by atoms with Gasteiger partial charge in [-0.25, -0.2) is 9.78 Å². The third-order valence-electron chi connectivity index (χ3n) is 17.0. The minimum Gasteiger partial charge on any atom is -0.508 e. The molecule has 6 rings (SSSR count). The van der Waals surface area contributed by atoms with Crippen molar-refractivity contribution in [2.24, 2.45) is 29.4 Å². The van der Waals surface area contributed by atoms with Gasteiger partial charge in [-0.1, -0.05) is 150 Å². The van der Waals surface area contributed by atoms with Gasteiger partial charge >= 0.3 is 11.9 Å². The van der Waals surface area contributed by atoms with E-state index >= 15 is 0 Å². The summed E-state index contributed by atoms with van der Waals surface area (Å²) in [4.78, 5) is 188. The van der Waals surface area contributed by atoms with Gasteiger partial charge in [0.15, 0.2) is 0 Å². The molecule has 1 saturated heterocycles. The van der Waals surface area contributed by atoms with E-state index in [1.165, 1.54) is 24.7 Å². The maximum atomic E-state index is 14.9. The van der Waals surface area contributed by atoms with Crippen molar-refractivity contribution in [3.05, 3.63) is 120 Å². The zero-order valence-corrected chi connectivity index (χ0v) is 60.5. The number of nitrogens with zero attached hydrogens (tertiary/aromatic N) is 1. The second-order valence-corrected chi connectivity index (χ2v) is 28.6. The number of hydrogen-bond acceptors (Lipinski definition) is 18. The first-order chi connectivity index (χ1) is 48.8.